The molecule has 1 heterocycles. The zero-order chi connectivity index (χ0) is 17.5. The van der Waals surface area contributed by atoms with E-state index in [1.807, 2.05) is 17.5 Å². The minimum atomic E-state index is -0.728. The molecule has 1 aromatic carbocycles. The first kappa shape index (κ1) is 17.6. The van der Waals surface area contributed by atoms with Gasteiger partial charge in [-0.25, -0.2) is 9.18 Å². The Morgan fingerprint density at radius 1 is 1.25 bits per heavy atom. The minimum absolute atomic E-state index is 0.0558. The summed E-state index contributed by atoms with van der Waals surface area (Å²) in [5.41, 5.74) is -0.0558. The topological polar surface area (TPSA) is 84.5 Å². The SMILES string of the molecule is CC(=O)c1ccc(OCC(=O)NC(=O)NCc2cccs2)cc1F. The summed E-state index contributed by atoms with van der Waals surface area (Å²) in [6, 6.07) is 6.74. The molecule has 0 spiro atoms. The molecule has 0 bridgehead atoms. The first-order valence-electron chi connectivity index (χ1n) is 6.99. The average Bonchev–Trinajstić information content (AvgIpc) is 3.04. The molecule has 0 saturated heterocycles. The number of carbonyl (C=O) groups excluding carboxylic acids is 3. The van der Waals surface area contributed by atoms with Crippen LogP contribution in [0.5, 0.6) is 5.75 Å². The molecule has 1 aromatic heterocycles. The molecule has 0 fully saturated rings. The van der Waals surface area contributed by atoms with E-state index in [1.165, 1.54) is 30.4 Å². The molecule has 2 rings (SSSR count). The third-order valence-electron chi connectivity index (χ3n) is 2.95. The second-order valence-electron chi connectivity index (χ2n) is 4.80. The summed E-state index contributed by atoms with van der Waals surface area (Å²) in [7, 11) is 0. The lowest BCUT2D eigenvalue weighted by Gasteiger charge is -2.08. The van der Waals surface area contributed by atoms with Crippen molar-refractivity contribution in [2.75, 3.05) is 6.61 Å². The molecule has 0 saturated carbocycles. The van der Waals surface area contributed by atoms with E-state index in [-0.39, 0.29) is 11.3 Å². The number of benzene rings is 1. The van der Waals surface area contributed by atoms with E-state index in [0.29, 0.717) is 6.54 Å². The monoisotopic (exact) mass is 350 g/mol. The van der Waals surface area contributed by atoms with E-state index >= 15 is 0 Å². The zero-order valence-corrected chi connectivity index (χ0v) is 13.6. The summed E-state index contributed by atoms with van der Waals surface area (Å²) in [5, 5.41) is 6.51. The fourth-order valence-corrected chi connectivity index (χ4v) is 2.45. The number of urea groups is 1. The number of ketones is 1. The molecule has 126 valence electrons. The second kappa shape index (κ2) is 8.21. The van der Waals surface area contributed by atoms with E-state index in [0.717, 1.165) is 10.9 Å². The normalized spacial score (nSPS) is 10.1. The largest absolute Gasteiger partial charge is 0.484 e. The third kappa shape index (κ3) is 5.17. The highest BCUT2D eigenvalue weighted by Crippen LogP contribution is 2.17. The van der Waals surface area contributed by atoms with Gasteiger partial charge in [0.2, 0.25) is 0 Å². The van der Waals surface area contributed by atoms with Crippen molar-refractivity contribution >= 4 is 29.1 Å². The summed E-state index contributed by atoms with van der Waals surface area (Å²) < 4.78 is 18.7. The third-order valence-corrected chi connectivity index (χ3v) is 3.82. The Hall–Kier alpha value is -2.74. The van der Waals surface area contributed by atoms with Crippen molar-refractivity contribution in [3.05, 3.63) is 52.0 Å². The van der Waals surface area contributed by atoms with Crippen LogP contribution in [0, 0.1) is 5.82 Å². The van der Waals surface area contributed by atoms with Gasteiger partial charge in [0, 0.05) is 10.9 Å². The van der Waals surface area contributed by atoms with Crippen LogP contribution in [0.1, 0.15) is 22.2 Å². The first-order chi connectivity index (χ1) is 11.5. The average molecular weight is 350 g/mol. The number of amides is 3. The molecule has 0 aliphatic rings. The van der Waals surface area contributed by atoms with Crippen molar-refractivity contribution in [3.8, 4) is 5.75 Å². The van der Waals surface area contributed by atoms with Gasteiger partial charge in [-0.2, -0.15) is 0 Å². The molecule has 24 heavy (non-hydrogen) atoms. The molecule has 2 aromatic rings. The Morgan fingerprint density at radius 2 is 2.04 bits per heavy atom. The maximum atomic E-state index is 13.6. The number of rotatable bonds is 6. The number of imide groups is 1. The summed E-state index contributed by atoms with van der Waals surface area (Å²) >= 11 is 1.48. The van der Waals surface area contributed by atoms with E-state index in [4.69, 9.17) is 4.74 Å². The molecule has 0 aliphatic carbocycles. The van der Waals surface area contributed by atoms with Crippen LogP contribution in [0.3, 0.4) is 0 Å². The van der Waals surface area contributed by atoms with E-state index in [9.17, 15) is 18.8 Å². The van der Waals surface area contributed by atoms with E-state index in [1.54, 1.807) is 0 Å². The van der Waals surface area contributed by atoms with Crippen molar-refractivity contribution in [2.45, 2.75) is 13.5 Å². The molecule has 0 radical (unpaired) electrons. The van der Waals surface area contributed by atoms with Gasteiger partial charge >= 0.3 is 6.03 Å². The zero-order valence-electron chi connectivity index (χ0n) is 12.8. The quantitative estimate of drug-likeness (QED) is 0.784. The van der Waals surface area contributed by atoms with Gasteiger partial charge in [0.05, 0.1) is 12.1 Å². The summed E-state index contributed by atoms with van der Waals surface area (Å²) in [6.07, 6.45) is 0. The lowest BCUT2D eigenvalue weighted by atomic mass is 10.1. The highest BCUT2D eigenvalue weighted by molar-refractivity contribution is 7.09. The first-order valence-corrected chi connectivity index (χ1v) is 7.87. The van der Waals surface area contributed by atoms with Crippen LogP contribution < -0.4 is 15.4 Å². The molecule has 0 aliphatic heterocycles. The summed E-state index contributed by atoms with van der Waals surface area (Å²) in [6.45, 7) is 1.11. The fraction of sp³-hybridized carbons (Fsp3) is 0.188. The van der Waals surface area contributed by atoms with Crippen LogP contribution in [-0.2, 0) is 11.3 Å². The lowest BCUT2D eigenvalue weighted by molar-refractivity contribution is -0.122. The van der Waals surface area contributed by atoms with Crippen molar-refractivity contribution in [1.82, 2.24) is 10.6 Å². The van der Waals surface area contributed by atoms with Gasteiger partial charge in [-0.1, -0.05) is 6.07 Å². The maximum Gasteiger partial charge on any atom is 0.321 e. The van der Waals surface area contributed by atoms with E-state index < -0.39 is 30.1 Å². The highest BCUT2D eigenvalue weighted by atomic mass is 32.1. The van der Waals surface area contributed by atoms with Gasteiger partial charge < -0.3 is 10.1 Å². The molecular weight excluding hydrogens is 335 g/mol. The van der Waals surface area contributed by atoms with Crippen LogP contribution in [0.4, 0.5) is 9.18 Å². The van der Waals surface area contributed by atoms with Crippen molar-refractivity contribution in [3.63, 3.8) is 0 Å². The summed E-state index contributed by atoms with van der Waals surface area (Å²) in [4.78, 5) is 35.2. The van der Waals surface area contributed by atoms with Gasteiger partial charge in [0.1, 0.15) is 11.6 Å². The van der Waals surface area contributed by atoms with Gasteiger partial charge in [0.15, 0.2) is 12.4 Å². The van der Waals surface area contributed by atoms with Gasteiger partial charge in [-0.15, -0.1) is 11.3 Å². The molecular formula is C16H15FN2O4S. The molecule has 8 heteroatoms. The van der Waals surface area contributed by atoms with E-state index in [2.05, 4.69) is 10.6 Å². The Labute approximate surface area is 141 Å². The predicted molar refractivity (Wildman–Crippen MR) is 86.6 cm³/mol. The smallest absolute Gasteiger partial charge is 0.321 e. The lowest BCUT2D eigenvalue weighted by Crippen LogP contribution is -2.41. The molecule has 0 unspecified atom stereocenters. The van der Waals surface area contributed by atoms with Crippen molar-refractivity contribution in [1.29, 1.82) is 0 Å². The molecule has 0 atom stereocenters. The number of ether oxygens (including phenoxy) is 1. The number of hydrogen-bond donors (Lipinski definition) is 2. The van der Waals surface area contributed by atoms with Crippen molar-refractivity contribution < 1.29 is 23.5 Å². The predicted octanol–water partition coefficient (Wildman–Crippen LogP) is 2.49. The van der Waals surface area contributed by atoms with Crippen LogP contribution in [-0.4, -0.2) is 24.3 Å². The number of hydrogen-bond acceptors (Lipinski definition) is 5. The molecule has 3 amide bonds. The number of carbonyl (C=O) groups is 3. The van der Waals surface area contributed by atoms with Crippen LogP contribution in [0.25, 0.3) is 0 Å². The highest BCUT2D eigenvalue weighted by Gasteiger charge is 2.11. The van der Waals surface area contributed by atoms with Gasteiger partial charge in [-0.3, -0.25) is 14.9 Å². The Kier molecular flexibility index (Phi) is 6.02. The van der Waals surface area contributed by atoms with Crippen LogP contribution in [0.2, 0.25) is 0 Å². The van der Waals surface area contributed by atoms with Gasteiger partial charge in [0.25, 0.3) is 5.91 Å². The number of thiophene rings is 1. The minimum Gasteiger partial charge on any atom is -0.484 e. The Morgan fingerprint density at radius 3 is 2.67 bits per heavy atom. The number of halogens is 1. The van der Waals surface area contributed by atoms with Crippen molar-refractivity contribution in [2.24, 2.45) is 0 Å². The van der Waals surface area contributed by atoms with Gasteiger partial charge in [-0.05, 0) is 30.5 Å². The number of Topliss-reactive ketones (excluding diaryl/α,β-unsaturated/α-hetero) is 1. The number of nitrogens with one attached hydrogen (secondary N) is 2. The maximum absolute atomic E-state index is 13.6. The Balaban J connectivity index is 1.77. The Bertz CT molecular complexity index is 747. The van der Waals surface area contributed by atoms with Crippen LogP contribution in [0.15, 0.2) is 35.7 Å². The molecule has 2 N–H and O–H groups in total. The van der Waals surface area contributed by atoms with Crippen LogP contribution >= 0.6 is 11.3 Å². The molecule has 6 nitrogen and oxygen atoms in total. The summed E-state index contributed by atoms with van der Waals surface area (Å²) in [5.74, 6) is -1.71. The standard InChI is InChI=1S/C16H15FN2O4S/c1-10(20)13-5-4-11(7-14(13)17)23-9-15(21)19-16(22)18-8-12-3-2-6-24-12/h2-7H,8-9H2,1H3,(H2,18,19,21,22). The second-order valence-corrected chi connectivity index (χ2v) is 5.83. The fourth-order valence-electron chi connectivity index (χ4n) is 1.81.